The molecule has 1 aromatic carbocycles. The molecule has 0 bridgehead atoms. The Labute approximate surface area is 126 Å². The monoisotopic (exact) mass is 314 g/mol. The van der Waals surface area contributed by atoms with Crippen LogP contribution in [-0.4, -0.2) is 38.9 Å². The van der Waals surface area contributed by atoms with Crippen molar-refractivity contribution in [2.75, 3.05) is 20.1 Å². The SMILES string of the molecule is CNCCC1CCCCN1S(=O)(=O)c1cc(F)ccc1C. The second-order valence-electron chi connectivity index (χ2n) is 5.57. The summed E-state index contributed by atoms with van der Waals surface area (Å²) in [6, 6.07) is 3.95. The molecule has 0 saturated carbocycles. The fraction of sp³-hybridized carbons (Fsp3) is 0.600. The standard InChI is InChI=1S/C15H23FN2O2S/c1-12-6-7-13(16)11-15(12)21(19,20)18-10-4-3-5-14(18)8-9-17-2/h6-7,11,14,17H,3-5,8-10H2,1-2H3. The highest BCUT2D eigenvalue weighted by Gasteiger charge is 2.34. The van der Waals surface area contributed by atoms with Gasteiger partial charge in [-0.3, -0.25) is 0 Å². The van der Waals surface area contributed by atoms with Gasteiger partial charge in [0.25, 0.3) is 0 Å². The molecule has 0 aromatic heterocycles. The molecule has 21 heavy (non-hydrogen) atoms. The third kappa shape index (κ3) is 3.62. The molecule has 2 rings (SSSR count). The summed E-state index contributed by atoms with van der Waals surface area (Å²) in [6.45, 7) is 3.00. The van der Waals surface area contributed by atoms with Gasteiger partial charge in [-0.15, -0.1) is 0 Å². The van der Waals surface area contributed by atoms with Crippen LogP contribution in [0.15, 0.2) is 23.1 Å². The first-order chi connectivity index (χ1) is 9.96. The molecule has 1 aliphatic heterocycles. The van der Waals surface area contributed by atoms with Gasteiger partial charge in [0.05, 0.1) is 4.90 Å². The summed E-state index contributed by atoms with van der Waals surface area (Å²) in [5, 5.41) is 3.07. The molecule has 1 atom stereocenters. The fourth-order valence-electron chi connectivity index (χ4n) is 2.87. The molecule has 1 fully saturated rings. The Morgan fingerprint density at radius 3 is 2.86 bits per heavy atom. The Bertz CT molecular complexity index is 589. The number of piperidine rings is 1. The first-order valence-corrected chi connectivity index (χ1v) is 8.83. The summed E-state index contributed by atoms with van der Waals surface area (Å²) in [5.74, 6) is -0.511. The lowest BCUT2D eigenvalue weighted by atomic mass is 10.0. The Hall–Kier alpha value is -0.980. The Kier molecular flexibility index (Phi) is 5.35. The third-order valence-corrected chi connectivity index (χ3v) is 6.13. The molecule has 0 radical (unpaired) electrons. The summed E-state index contributed by atoms with van der Waals surface area (Å²) in [4.78, 5) is 0.0962. The van der Waals surface area contributed by atoms with Gasteiger partial charge in [-0.25, -0.2) is 12.8 Å². The van der Waals surface area contributed by atoms with Crippen molar-refractivity contribution in [1.29, 1.82) is 0 Å². The highest BCUT2D eigenvalue weighted by molar-refractivity contribution is 7.89. The zero-order valence-electron chi connectivity index (χ0n) is 12.6. The van der Waals surface area contributed by atoms with Crippen molar-refractivity contribution >= 4 is 10.0 Å². The van der Waals surface area contributed by atoms with Crippen LogP contribution in [0.2, 0.25) is 0 Å². The van der Waals surface area contributed by atoms with Crippen molar-refractivity contribution in [3.8, 4) is 0 Å². The number of nitrogens with zero attached hydrogens (tertiary/aromatic N) is 1. The number of hydrogen-bond donors (Lipinski definition) is 1. The predicted octanol–water partition coefficient (Wildman–Crippen LogP) is 2.29. The van der Waals surface area contributed by atoms with Gasteiger partial charge in [0.15, 0.2) is 0 Å². The number of sulfonamides is 1. The molecule has 1 aliphatic rings. The lowest BCUT2D eigenvalue weighted by molar-refractivity contribution is 0.240. The van der Waals surface area contributed by atoms with E-state index in [0.29, 0.717) is 12.1 Å². The average Bonchev–Trinajstić information content (AvgIpc) is 2.47. The van der Waals surface area contributed by atoms with Gasteiger partial charge < -0.3 is 5.32 Å². The van der Waals surface area contributed by atoms with E-state index in [-0.39, 0.29) is 10.9 Å². The smallest absolute Gasteiger partial charge is 0.243 e. The van der Waals surface area contributed by atoms with Crippen LogP contribution < -0.4 is 5.32 Å². The maximum atomic E-state index is 13.5. The van der Waals surface area contributed by atoms with Gasteiger partial charge in [-0.05, 0) is 57.5 Å². The van der Waals surface area contributed by atoms with E-state index in [1.54, 1.807) is 11.2 Å². The van der Waals surface area contributed by atoms with Gasteiger partial charge in [-0.2, -0.15) is 4.31 Å². The minimum atomic E-state index is -3.63. The molecule has 4 nitrogen and oxygen atoms in total. The summed E-state index contributed by atoms with van der Waals surface area (Å²) in [6.07, 6.45) is 3.56. The first kappa shape index (κ1) is 16.4. The summed E-state index contributed by atoms with van der Waals surface area (Å²) in [5.41, 5.74) is 0.592. The molecule has 0 spiro atoms. The van der Waals surface area contributed by atoms with E-state index in [0.717, 1.165) is 38.3 Å². The van der Waals surface area contributed by atoms with Gasteiger partial charge in [0.1, 0.15) is 5.82 Å². The van der Waals surface area contributed by atoms with E-state index in [9.17, 15) is 12.8 Å². The van der Waals surface area contributed by atoms with Crippen LogP contribution in [0.25, 0.3) is 0 Å². The first-order valence-electron chi connectivity index (χ1n) is 7.39. The fourth-order valence-corrected chi connectivity index (χ4v) is 4.83. The van der Waals surface area contributed by atoms with Crippen LogP contribution in [0.1, 0.15) is 31.2 Å². The predicted molar refractivity (Wildman–Crippen MR) is 81.2 cm³/mol. The van der Waals surface area contributed by atoms with Crippen molar-refractivity contribution in [2.24, 2.45) is 0 Å². The van der Waals surface area contributed by atoms with E-state index in [1.165, 1.54) is 12.1 Å². The van der Waals surface area contributed by atoms with Crippen molar-refractivity contribution in [3.63, 3.8) is 0 Å². The lowest BCUT2D eigenvalue weighted by Crippen LogP contribution is -2.44. The molecule has 0 amide bonds. The molecular formula is C15H23FN2O2S. The van der Waals surface area contributed by atoms with E-state index in [1.807, 2.05) is 7.05 Å². The minimum Gasteiger partial charge on any atom is -0.320 e. The number of rotatable bonds is 5. The summed E-state index contributed by atoms with van der Waals surface area (Å²) < 4.78 is 40.8. The molecule has 1 N–H and O–H groups in total. The third-order valence-electron chi connectivity index (χ3n) is 4.04. The van der Waals surface area contributed by atoms with E-state index < -0.39 is 15.8 Å². The zero-order valence-corrected chi connectivity index (χ0v) is 13.4. The lowest BCUT2D eigenvalue weighted by Gasteiger charge is -2.35. The van der Waals surface area contributed by atoms with Crippen LogP contribution in [0, 0.1) is 12.7 Å². The number of halogens is 1. The largest absolute Gasteiger partial charge is 0.320 e. The van der Waals surface area contributed by atoms with Crippen LogP contribution in [0.3, 0.4) is 0 Å². The van der Waals surface area contributed by atoms with Crippen molar-refractivity contribution in [1.82, 2.24) is 9.62 Å². The molecule has 6 heteroatoms. The maximum absolute atomic E-state index is 13.5. The Morgan fingerprint density at radius 1 is 1.38 bits per heavy atom. The molecule has 1 heterocycles. The normalized spacial score (nSPS) is 20.6. The van der Waals surface area contributed by atoms with E-state index >= 15 is 0 Å². The number of nitrogens with one attached hydrogen (secondary N) is 1. The van der Waals surface area contributed by atoms with Gasteiger partial charge in [0, 0.05) is 12.6 Å². The van der Waals surface area contributed by atoms with Crippen molar-refractivity contribution in [3.05, 3.63) is 29.6 Å². The highest BCUT2D eigenvalue weighted by atomic mass is 32.2. The number of aryl methyl sites for hydroxylation is 1. The van der Waals surface area contributed by atoms with Crippen molar-refractivity contribution < 1.29 is 12.8 Å². The van der Waals surface area contributed by atoms with Crippen molar-refractivity contribution in [2.45, 2.75) is 43.5 Å². The molecule has 118 valence electrons. The van der Waals surface area contributed by atoms with E-state index in [2.05, 4.69) is 5.32 Å². The molecular weight excluding hydrogens is 291 g/mol. The quantitative estimate of drug-likeness (QED) is 0.907. The topological polar surface area (TPSA) is 49.4 Å². The molecule has 1 aromatic rings. The van der Waals surface area contributed by atoms with Crippen LogP contribution >= 0.6 is 0 Å². The Balaban J connectivity index is 2.33. The van der Waals surface area contributed by atoms with Crippen LogP contribution in [0.5, 0.6) is 0 Å². The summed E-state index contributed by atoms with van der Waals surface area (Å²) in [7, 11) is -1.77. The van der Waals surface area contributed by atoms with Gasteiger partial charge in [-0.1, -0.05) is 12.5 Å². The number of hydrogen-bond acceptors (Lipinski definition) is 3. The second-order valence-corrected chi connectivity index (χ2v) is 7.43. The van der Waals surface area contributed by atoms with Gasteiger partial charge >= 0.3 is 0 Å². The summed E-state index contributed by atoms with van der Waals surface area (Å²) >= 11 is 0. The second kappa shape index (κ2) is 6.85. The van der Waals surface area contributed by atoms with Crippen LogP contribution in [0.4, 0.5) is 4.39 Å². The number of benzene rings is 1. The van der Waals surface area contributed by atoms with Gasteiger partial charge in [0.2, 0.25) is 10.0 Å². The molecule has 0 aliphatic carbocycles. The molecule has 1 unspecified atom stereocenters. The Morgan fingerprint density at radius 2 is 2.14 bits per heavy atom. The van der Waals surface area contributed by atoms with E-state index in [4.69, 9.17) is 0 Å². The average molecular weight is 314 g/mol. The maximum Gasteiger partial charge on any atom is 0.243 e. The van der Waals surface area contributed by atoms with Crippen LogP contribution in [-0.2, 0) is 10.0 Å². The highest BCUT2D eigenvalue weighted by Crippen LogP contribution is 2.28. The minimum absolute atomic E-state index is 0.00105. The molecule has 1 saturated heterocycles. The zero-order chi connectivity index (χ0) is 15.5.